The molecular weight excluding hydrogens is 402 g/mol. The van der Waals surface area contributed by atoms with E-state index >= 15 is 0 Å². The Bertz CT molecular complexity index is 1000. The summed E-state index contributed by atoms with van der Waals surface area (Å²) in [6.45, 7) is 6.84. The molecule has 0 bridgehead atoms. The number of imidazole rings is 1. The van der Waals surface area contributed by atoms with E-state index in [0.717, 1.165) is 39.9 Å². The van der Waals surface area contributed by atoms with Crippen molar-refractivity contribution >= 4 is 33.6 Å². The predicted molar refractivity (Wildman–Crippen MR) is 120 cm³/mol. The van der Waals surface area contributed by atoms with E-state index in [0.29, 0.717) is 19.0 Å². The Morgan fingerprint density at radius 2 is 2.14 bits per heavy atom. The lowest BCUT2D eigenvalue weighted by atomic mass is 9.96. The van der Waals surface area contributed by atoms with E-state index in [1.807, 2.05) is 17.7 Å². The topological polar surface area (TPSA) is 71.8 Å². The fourth-order valence-corrected chi connectivity index (χ4v) is 5.84. The normalized spacial score (nSPS) is 13.7. The number of hydrogen-bond acceptors (Lipinski definition) is 6. The van der Waals surface area contributed by atoms with Gasteiger partial charge in [0, 0.05) is 41.0 Å². The summed E-state index contributed by atoms with van der Waals surface area (Å²) in [5.74, 6) is 0.930. The first-order valence-corrected chi connectivity index (χ1v) is 11.9. The molecule has 4 rings (SSSR count). The van der Waals surface area contributed by atoms with Gasteiger partial charge in [-0.25, -0.2) is 9.97 Å². The largest absolute Gasteiger partial charge is 0.317 e. The van der Waals surface area contributed by atoms with Crippen LogP contribution in [-0.4, -0.2) is 33.0 Å². The molecule has 0 atom stereocenters. The Morgan fingerprint density at radius 3 is 2.90 bits per heavy atom. The fraction of sp³-hybridized carbons (Fsp3) is 0.476. The number of thiazole rings is 1. The fourth-order valence-electron chi connectivity index (χ4n) is 3.59. The third-order valence-corrected chi connectivity index (χ3v) is 7.07. The summed E-state index contributed by atoms with van der Waals surface area (Å²) in [6, 6.07) is 0.382. The number of aryl methyl sites for hydroxylation is 2. The van der Waals surface area contributed by atoms with Crippen LogP contribution in [0.15, 0.2) is 17.9 Å². The van der Waals surface area contributed by atoms with Crippen LogP contribution in [-0.2, 0) is 17.6 Å². The van der Waals surface area contributed by atoms with Crippen LogP contribution in [0.4, 0.5) is 5.00 Å². The minimum atomic E-state index is 0.0556. The van der Waals surface area contributed by atoms with Gasteiger partial charge in [0.1, 0.15) is 22.2 Å². The number of rotatable bonds is 7. The van der Waals surface area contributed by atoms with Gasteiger partial charge in [0.05, 0.1) is 5.69 Å². The van der Waals surface area contributed by atoms with E-state index in [9.17, 15) is 4.79 Å². The number of carbonyl (C=O) groups is 1. The van der Waals surface area contributed by atoms with E-state index in [4.69, 9.17) is 4.98 Å². The van der Waals surface area contributed by atoms with Crippen molar-refractivity contribution in [2.24, 2.45) is 0 Å². The molecule has 0 saturated heterocycles. The van der Waals surface area contributed by atoms with Crippen molar-refractivity contribution in [3.8, 4) is 16.4 Å². The SMILES string of the molecule is Cc1cn(-c2csc(-c3c(NC(=O)CCNC(C)C)sc4c3CCCC4)n2)cn1. The van der Waals surface area contributed by atoms with Gasteiger partial charge in [-0.2, -0.15) is 0 Å². The van der Waals surface area contributed by atoms with Gasteiger partial charge < -0.3 is 10.6 Å². The molecule has 3 aromatic heterocycles. The number of carbonyl (C=O) groups excluding carboxylic acids is 1. The molecule has 0 fully saturated rings. The average Bonchev–Trinajstić information content (AvgIpc) is 3.38. The van der Waals surface area contributed by atoms with E-state index in [2.05, 4.69) is 34.8 Å². The monoisotopic (exact) mass is 429 g/mol. The molecule has 0 unspecified atom stereocenters. The summed E-state index contributed by atoms with van der Waals surface area (Å²) in [7, 11) is 0. The van der Waals surface area contributed by atoms with E-state index in [1.54, 1.807) is 29.0 Å². The molecule has 0 saturated carbocycles. The summed E-state index contributed by atoms with van der Waals surface area (Å²) in [5, 5.41) is 10.5. The van der Waals surface area contributed by atoms with Crippen molar-refractivity contribution in [3.63, 3.8) is 0 Å². The molecule has 154 valence electrons. The van der Waals surface area contributed by atoms with Crippen LogP contribution >= 0.6 is 22.7 Å². The molecular formula is C21H27N5OS2. The molecule has 1 aliphatic carbocycles. The third-order valence-electron chi connectivity index (χ3n) is 5.01. The van der Waals surface area contributed by atoms with Crippen molar-refractivity contribution in [1.82, 2.24) is 19.9 Å². The quantitative estimate of drug-likeness (QED) is 0.577. The number of nitrogens with zero attached hydrogens (tertiary/aromatic N) is 3. The minimum absolute atomic E-state index is 0.0556. The maximum absolute atomic E-state index is 12.5. The second-order valence-electron chi connectivity index (χ2n) is 7.76. The molecule has 0 aromatic carbocycles. The van der Waals surface area contributed by atoms with Crippen LogP contribution in [0, 0.1) is 6.92 Å². The molecule has 2 N–H and O–H groups in total. The number of nitrogens with one attached hydrogen (secondary N) is 2. The first kappa shape index (κ1) is 20.3. The summed E-state index contributed by atoms with van der Waals surface area (Å²) < 4.78 is 1.95. The molecule has 8 heteroatoms. The summed E-state index contributed by atoms with van der Waals surface area (Å²) >= 11 is 3.36. The zero-order valence-corrected chi connectivity index (χ0v) is 18.8. The summed E-state index contributed by atoms with van der Waals surface area (Å²) in [6.07, 6.45) is 8.81. The highest BCUT2D eigenvalue weighted by molar-refractivity contribution is 7.18. The lowest BCUT2D eigenvalue weighted by Crippen LogP contribution is -2.27. The van der Waals surface area contributed by atoms with Crippen molar-refractivity contribution in [2.45, 2.75) is 58.9 Å². The summed E-state index contributed by atoms with van der Waals surface area (Å²) in [4.78, 5) is 23.1. The Kier molecular flexibility index (Phi) is 6.12. The van der Waals surface area contributed by atoms with Gasteiger partial charge in [-0.1, -0.05) is 13.8 Å². The van der Waals surface area contributed by atoms with Gasteiger partial charge in [-0.05, 0) is 38.2 Å². The third kappa shape index (κ3) is 4.60. The highest BCUT2D eigenvalue weighted by Crippen LogP contribution is 2.45. The molecule has 6 nitrogen and oxygen atoms in total. The van der Waals surface area contributed by atoms with Crippen molar-refractivity contribution in [1.29, 1.82) is 0 Å². The highest BCUT2D eigenvalue weighted by atomic mass is 32.1. The number of hydrogen-bond donors (Lipinski definition) is 2. The van der Waals surface area contributed by atoms with Crippen molar-refractivity contribution < 1.29 is 4.79 Å². The second-order valence-corrected chi connectivity index (χ2v) is 9.72. The molecule has 1 amide bonds. The van der Waals surface area contributed by atoms with Gasteiger partial charge in [0.25, 0.3) is 0 Å². The molecule has 29 heavy (non-hydrogen) atoms. The minimum Gasteiger partial charge on any atom is -0.317 e. The Morgan fingerprint density at radius 1 is 1.31 bits per heavy atom. The Hall–Kier alpha value is -2.03. The zero-order valence-electron chi connectivity index (χ0n) is 17.1. The van der Waals surface area contributed by atoms with Gasteiger partial charge in [-0.3, -0.25) is 9.36 Å². The van der Waals surface area contributed by atoms with Gasteiger partial charge in [0.2, 0.25) is 5.91 Å². The smallest absolute Gasteiger partial charge is 0.226 e. The number of aromatic nitrogens is 3. The average molecular weight is 430 g/mol. The van der Waals surface area contributed by atoms with Crippen LogP contribution in [0.1, 0.15) is 49.2 Å². The number of thiophene rings is 1. The lowest BCUT2D eigenvalue weighted by molar-refractivity contribution is -0.116. The van der Waals surface area contributed by atoms with Crippen LogP contribution in [0.3, 0.4) is 0 Å². The number of anilines is 1. The predicted octanol–water partition coefficient (Wildman–Crippen LogP) is 4.57. The van der Waals surface area contributed by atoms with Crippen LogP contribution < -0.4 is 10.6 Å². The molecule has 3 aromatic rings. The Labute approximate surface area is 179 Å². The molecule has 3 heterocycles. The molecule has 1 aliphatic rings. The van der Waals surface area contributed by atoms with Crippen LogP contribution in [0.25, 0.3) is 16.4 Å². The van der Waals surface area contributed by atoms with Gasteiger partial charge in [-0.15, -0.1) is 22.7 Å². The van der Waals surface area contributed by atoms with Crippen molar-refractivity contribution in [3.05, 3.63) is 34.0 Å². The summed E-state index contributed by atoms with van der Waals surface area (Å²) in [5.41, 5.74) is 3.47. The number of amides is 1. The van der Waals surface area contributed by atoms with Crippen molar-refractivity contribution in [2.75, 3.05) is 11.9 Å². The van der Waals surface area contributed by atoms with E-state index in [-0.39, 0.29) is 5.91 Å². The highest BCUT2D eigenvalue weighted by Gasteiger charge is 2.25. The maximum Gasteiger partial charge on any atom is 0.226 e. The van der Waals surface area contributed by atoms with Crippen LogP contribution in [0.2, 0.25) is 0 Å². The maximum atomic E-state index is 12.5. The molecule has 0 aliphatic heterocycles. The zero-order chi connectivity index (χ0) is 20.4. The van der Waals surface area contributed by atoms with Gasteiger partial charge in [0.15, 0.2) is 0 Å². The van der Waals surface area contributed by atoms with Gasteiger partial charge >= 0.3 is 0 Å². The Balaban J connectivity index is 1.61. The first-order chi connectivity index (χ1) is 14.0. The van der Waals surface area contributed by atoms with Crippen LogP contribution in [0.5, 0.6) is 0 Å². The number of fused-ring (bicyclic) bond motifs is 1. The molecule has 0 spiro atoms. The first-order valence-electron chi connectivity index (χ1n) is 10.2. The van der Waals surface area contributed by atoms with E-state index in [1.165, 1.54) is 23.3 Å². The lowest BCUT2D eigenvalue weighted by Gasteiger charge is -2.12. The van der Waals surface area contributed by atoms with E-state index < -0.39 is 0 Å². The molecule has 0 radical (unpaired) electrons. The standard InChI is InChI=1S/C21H27N5OS2/c1-13(2)22-9-8-18(27)25-21-19(15-6-4-5-7-16(15)29-21)20-24-17(11-28-20)26-10-14(3)23-12-26/h10-13,22H,4-9H2,1-3H3,(H,25,27). The second kappa shape index (κ2) is 8.77.